The summed E-state index contributed by atoms with van der Waals surface area (Å²) in [4.78, 5) is 0. The van der Waals surface area contributed by atoms with E-state index in [1.807, 2.05) is 12.1 Å². The van der Waals surface area contributed by atoms with Gasteiger partial charge in [-0.2, -0.15) is 0 Å². The normalized spacial score (nSPS) is 26.8. The number of nitrogens with two attached hydrogens (primary N) is 1. The van der Waals surface area contributed by atoms with E-state index in [1.165, 1.54) is 11.1 Å². The molecule has 1 unspecified atom stereocenters. The second-order valence-electron chi connectivity index (χ2n) is 3.61. The Morgan fingerprint density at radius 3 is 2.83 bits per heavy atom. The minimum absolute atomic E-state index is 0.175. The molecule has 1 nitrogen and oxygen atoms in total. The van der Waals surface area contributed by atoms with E-state index in [9.17, 15) is 0 Å². The Balaban J connectivity index is 2.60. The number of hydrogen-bond acceptors (Lipinski definition) is 1. The van der Waals surface area contributed by atoms with Gasteiger partial charge in [-0.1, -0.05) is 36.4 Å². The van der Waals surface area contributed by atoms with Gasteiger partial charge in [0.05, 0.1) is 0 Å². The Hall–Kier alpha value is -1.08. The Bertz CT molecular complexity index is 324. The molecule has 1 aromatic rings. The summed E-state index contributed by atoms with van der Waals surface area (Å²) in [6.45, 7) is 2.08. The molecular formula is C11H13N. The molecule has 0 amide bonds. The zero-order valence-corrected chi connectivity index (χ0v) is 7.25. The van der Waals surface area contributed by atoms with E-state index in [2.05, 4.69) is 31.2 Å². The molecule has 1 aliphatic rings. The van der Waals surface area contributed by atoms with Crippen LogP contribution in [0.2, 0.25) is 0 Å². The van der Waals surface area contributed by atoms with Gasteiger partial charge in [0.25, 0.3) is 0 Å². The van der Waals surface area contributed by atoms with Crippen LogP contribution in [0.4, 0.5) is 0 Å². The van der Waals surface area contributed by atoms with Gasteiger partial charge in [-0.15, -0.1) is 0 Å². The molecule has 1 atom stereocenters. The SMILES string of the molecule is CC1(N)CC=Cc2ccccc21. The highest BCUT2D eigenvalue weighted by Crippen LogP contribution is 2.30. The van der Waals surface area contributed by atoms with E-state index < -0.39 is 0 Å². The summed E-state index contributed by atoms with van der Waals surface area (Å²) in [6, 6.07) is 8.31. The first kappa shape index (κ1) is 7.56. The maximum Gasteiger partial charge on any atom is 0.0421 e. The topological polar surface area (TPSA) is 26.0 Å². The Morgan fingerprint density at radius 2 is 2.08 bits per heavy atom. The van der Waals surface area contributed by atoms with Gasteiger partial charge in [-0.05, 0) is 24.5 Å². The smallest absolute Gasteiger partial charge is 0.0421 e. The van der Waals surface area contributed by atoms with E-state index in [0.717, 1.165) is 6.42 Å². The maximum absolute atomic E-state index is 6.14. The van der Waals surface area contributed by atoms with E-state index in [-0.39, 0.29) is 5.54 Å². The maximum atomic E-state index is 6.14. The van der Waals surface area contributed by atoms with Crippen LogP contribution in [0.5, 0.6) is 0 Å². The highest BCUT2D eigenvalue weighted by atomic mass is 14.7. The summed E-state index contributed by atoms with van der Waals surface area (Å²) in [7, 11) is 0. The molecule has 0 aliphatic heterocycles. The van der Waals surface area contributed by atoms with Gasteiger partial charge in [0, 0.05) is 5.54 Å². The molecule has 62 valence electrons. The highest BCUT2D eigenvalue weighted by molar-refractivity contribution is 5.58. The van der Waals surface area contributed by atoms with E-state index in [0.29, 0.717) is 0 Å². The average molecular weight is 159 g/mol. The lowest BCUT2D eigenvalue weighted by molar-refractivity contribution is 0.497. The minimum atomic E-state index is -0.175. The first-order valence-electron chi connectivity index (χ1n) is 4.25. The summed E-state index contributed by atoms with van der Waals surface area (Å²) in [5.74, 6) is 0. The predicted molar refractivity (Wildman–Crippen MR) is 51.6 cm³/mol. The van der Waals surface area contributed by atoms with Crippen molar-refractivity contribution in [2.45, 2.75) is 18.9 Å². The van der Waals surface area contributed by atoms with Crippen LogP contribution in [0.3, 0.4) is 0 Å². The van der Waals surface area contributed by atoms with Crippen molar-refractivity contribution < 1.29 is 0 Å². The zero-order valence-electron chi connectivity index (χ0n) is 7.25. The van der Waals surface area contributed by atoms with E-state index >= 15 is 0 Å². The van der Waals surface area contributed by atoms with Crippen LogP contribution >= 0.6 is 0 Å². The molecule has 1 aliphatic carbocycles. The average Bonchev–Trinajstić information content (AvgIpc) is 2.04. The summed E-state index contributed by atoms with van der Waals surface area (Å²) in [6.07, 6.45) is 5.22. The fourth-order valence-electron chi connectivity index (χ4n) is 1.70. The van der Waals surface area contributed by atoms with Crippen molar-refractivity contribution in [2.24, 2.45) is 5.73 Å². The molecule has 0 bridgehead atoms. The highest BCUT2D eigenvalue weighted by Gasteiger charge is 2.23. The van der Waals surface area contributed by atoms with E-state index in [4.69, 9.17) is 5.73 Å². The Morgan fingerprint density at radius 1 is 1.33 bits per heavy atom. The fourth-order valence-corrected chi connectivity index (χ4v) is 1.70. The van der Waals surface area contributed by atoms with Crippen LogP contribution < -0.4 is 5.73 Å². The molecule has 1 heteroatoms. The minimum Gasteiger partial charge on any atom is -0.321 e. The van der Waals surface area contributed by atoms with Gasteiger partial charge < -0.3 is 5.73 Å². The van der Waals surface area contributed by atoms with Crippen LogP contribution in [-0.4, -0.2) is 0 Å². The van der Waals surface area contributed by atoms with Crippen molar-refractivity contribution in [2.75, 3.05) is 0 Å². The Kier molecular flexibility index (Phi) is 1.55. The van der Waals surface area contributed by atoms with Gasteiger partial charge >= 0.3 is 0 Å². The number of benzene rings is 1. The molecule has 2 rings (SSSR count). The van der Waals surface area contributed by atoms with Crippen LogP contribution in [0.1, 0.15) is 24.5 Å². The van der Waals surface area contributed by atoms with Crippen molar-refractivity contribution in [1.82, 2.24) is 0 Å². The fraction of sp³-hybridized carbons (Fsp3) is 0.273. The first-order chi connectivity index (χ1) is 5.70. The van der Waals surface area contributed by atoms with Crippen LogP contribution in [0.25, 0.3) is 6.08 Å². The van der Waals surface area contributed by atoms with Crippen molar-refractivity contribution in [3.8, 4) is 0 Å². The molecule has 0 spiro atoms. The van der Waals surface area contributed by atoms with Crippen molar-refractivity contribution in [3.63, 3.8) is 0 Å². The second kappa shape index (κ2) is 2.46. The molecule has 12 heavy (non-hydrogen) atoms. The number of fused-ring (bicyclic) bond motifs is 1. The zero-order chi connectivity index (χ0) is 8.60. The van der Waals surface area contributed by atoms with Gasteiger partial charge in [0.15, 0.2) is 0 Å². The molecule has 0 saturated heterocycles. The molecule has 1 aromatic carbocycles. The largest absolute Gasteiger partial charge is 0.321 e. The van der Waals surface area contributed by atoms with Gasteiger partial charge in [0.2, 0.25) is 0 Å². The number of rotatable bonds is 0. The van der Waals surface area contributed by atoms with Gasteiger partial charge in [-0.25, -0.2) is 0 Å². The Labute approximate surface area is 72.9 Å². The first-order valence-corrected chi connectivity index (χ1v) is 4.25. The van der Waals surface area contributed by atoms with Gasteiger partial charge in [0.1, 0.15) is 0 Å². The summed E-state index contributed by atoms with van der Waals surface area (Å²) in [5.41, 5.74) is 8.48. The quantitative estimate of drug-likeness (QED) is 0.617. The molecule has 2 N–H and O–H groups in total. The monoisotopic (exact) mass is 159 g/mol. The predicted octanol–water partition coefficient (Wildman–Crippen LogP) is 2.28. The summed E-state index contributed by atoms with van der Waals surface area (Å²) in [5, 5.41) is 0. The lowest BCUT2D eigenvalue weighted by Crippen LogP contribution is -2.34. The van der Waals surface area contributed by atoms with Crippen LogP contribution in [0.15, 0.2) is 30.3 Å². The molecule has 0 aromatic heterocycles. The molecule has 0 fully saturated rings. The van der Waals surface area contributed by atoms with Crippen LogP contribution in [-0.2, 0) is 5.54 Å². The van der Waals surface area contributed by atoms with Crippen molar-refractivity contribution in [1.29, 1.82) is 0 Å². The lowest BCUT2D eigenvalue weighted by atomic mass is 9.82. The summed E-state index contributed by atoms with van der Waals surface area (Å²) >= 11 is 0. The molecule has 0 heterocycles. The second-order valence-corrected chi connectivity index (χ2v) is 3.61. The lowest BCUT2D eigenvalue weighted by Gasteiger charge is -2.28. The van der Waals surface area contributed by atoms with E-state index in [1.54, 1.807) is 0 Å². The third-order valence-electron chi connectivity index (χ3n) is 2.42. The third kappa shape index (κ3) is 1.07. The third-order valence-corrected chi connectivity index (χ3v) is 2.42. The standard InChI is InChI=1S/C11H13N/c1-11(12)8-4-6-9-5-2-3-7-10(9)11/h2-7H,8,12H2,1H3. The van der Waals surface area contributed by atoms with Gasteiger partial charge in [-0.3, -0.25) is 0 Å². The summed E-state index contributed by atoms with van der Waals surface area (Å²) < 4.78 is 0. The van der Waals surface area contributed by atoms with Crippen LogP contribution in [0, 0.1) is 0 Å². The van der Waals surface area contributed by atoms with Crippen molar-refractivity contribution in [3.05, 3.63) is 41.5 Å². The molecule has 0 saturated carbocycles. The molecular weight excluding hydrogens is 146 g/mol. The number of hydrogen-bond donors (Lipinski definition) is 1. The van der Waals surface area contributed by atoms with Crippen molar-refractivity contribution >= 4 is 6.08 Å². The molecule has 0 radical (unpaired) electrons.